The number of hydrogen-bond acceptors (Lipinski definition) is 4. The van der Waals surface area contributed by atoms with Gasteiger partial charge in [0.1, 0.15) is 11.6 Å². The van der Waals surface area contributed by atoms with E-state index in [2.05, 4.69) is 47.1 Å². The molecular formula is C26H34N4O. The van der Waals surface area contributed by atoms with Gasteiger partial charge in [0.15, 0.2) is 0 Å². The predicted molar refractivity (Wildman–Crippen MR) is 123 cm³/mol. The highest BCUT2D eigenvalue weighted by atomic mass is 16.2. The first-order chi connectivity index (χ1) is 15.2. The quantitative estimate of drug-likeness (QED) is 0.727. The fourth-order valence-corrected chi connectivity index (χ4v) is 5.29. The van der Waals surface area contributed by atoms with Crippen LogP contribution in [0.4, 0.5) is 5.82 Å². The van der Waals surface area contributed by atoms with Crippen molar-refractivity contribution < 1.29 is 4.79 Å². The molecule has 5 nitrogen and oxygen atoms in total. The maximum absolute atomic E-state index is 12.6. The van der Waals surface area contributed by atoms with Crippen LogP contribution in [0.25, 0.3) is 0 Å². The molecule has 1 amide bonds. The Balaban J connectivity index is 1.28. The Morgan fingerprint density at radius 2 is 1.77 bits per heavy atom. The molecule has 1 aromatic carbocycles. The van der Waals surface area contributed by atoms with E-state index < -0.39 is 0 Å². The van der Waals surface area contributed by atoms with Gasteiger partial charge in [0.25, 0.3) is 0 Å². The standard InChI is InChI=1S/C26H34N4O/c1-19-23-11-6-15-29(16-12-20-7-3-2-4-8-20)25(23)28-24(27-19)21-13-17-30(18-14-21)26(31)22-9-5-10-22/h2-4,7-8,21-22H,5-6,9-18H2,1H3. The average molecular weight is 419 g/mol. The van der Waals surface area contributed by atoms with Crippen LogP contribution in [0.15, 0.2) is 30.3 Å². The van der Waals surface area contributed by atoms with Crippen molar-refractivity contribution in [3.8, 4) is 0 Å². The van der Waals surface area contributed by atoms with Crippen molar-refractivity contribution in [3.05, 3.63) is 53.0 Å². The molecule has 1 aliphatic carbocycles. The van der Waals surface area contributed by atoms with Gasteiger partial charge in [0.2, 0.25) is 5.91 Å². The normalized spacial score (nSPS) is 19.8. The van der Waals surface area contributed by atoms with Crippen molar-refractivity contribution in [1.82, 2.24) is 14.9 Å². The lowest BCUT2D eigenvalue weighted by Crippen LogP contribution is -2.43. The number of aromatic nitrogens is 2. The monoisotopic (exact) mass is 418 g/mol. The summed E-state index contributed by atoms with van der Waals surface area (Å²) >= 11 is 0. The minimum absolute atomic E-state index is 0.303. The molecule has 0 unspecified atom stereocenters. The topological polar surface area (TPSA) is 49.3 Å². The molecular weight excluding hydrogens is 384 g/mol. The summed E-state index contributed by atoms with van der Waals surface area (Å²) in [6.07, 6.45) is 8.66. The first kappa shape index (κ1) is 20.5. The number of carbonyl (C=O) groups is 1. The van der Waals surface area contributed by atoms with Crippen LogP contribution in [0, 0.1) is 12.8 Å². The van der Waals surface area contributed by atoms with E-state index in [1.54, 1.807) is 0 Å². The van der Waals surface area contributed by atoms with Gasteiger partial charge in [-0.2, -0.15) is 0 Å². The van der Waals surface area contributed by atoms with Crippen LogP contribution in [-0.4, -0.2) is 47.0 Å². The molecule has 2 aliphatic heterocycles. The summed E-state index contributed by atoms with van der Waals surface area (Å²) in [5, 5.41) is 0. The molecule has 5 heteroatoms. The number of fused-ring (bicyclic) bond motifs is 1. The second kappa shape index (κ2) is 8.97. The average Bonchev–Trinajstić information content (AvgIpc) is 2.77. The summed E-state index contributed by atoms with van der Waals surface area (Å²) in [7, 11) is 0. The Morgan fingerprint density at radius 3 is 2.48 bits per heavy atom. The molecule has 1 saturated carbocycles. The van der Waals surface area contributed by atoms with Gasteiger partial charge in [-0.25, -0.2) is 9.97 Å². The Hall–Kier alpha value is -2.43. The molecule has 5 rings (SSSR count). The van der Waals surface area contributed by atoms with Crippen LogP contribution >= 0.6 is 0 Å². The number of piperidine rings is 1. The zero-order chi connectivity index (χ0) is 21.2. The minimum Gasteiger partial charge on any atom is -0.356 e. The van der Waals surface area contributed by atoms with Crippen LogP contribution in [0.3, 0.4) is 0 Å². The van der Waals surface area contributed by atoms with Crippen molar-refractivity contribution in [2.24, 2.45) is 5.92 Å². The van der Waals surface area contributed by atoms with E-state index in [0.29, 0.717) is 17.7 Å². The largest absolute Gasteiger partial charge is 0.356 e. The van der Waals surface area contributed by atoms with Crippen LogP contribution in [0.2, 0.25) is 0 Å². The Morgan fingerprint density at radius 1 is 1.00 bits per heavy atom. The number of anilines is 1. The van der Waals surface area contributed by atoms with E-state index in [1.165, 1.54) is 24.0 Å². The van der Waals surface area contributed by atoms with Crippen LogP contribution < -0.4 is 4.90 Å². The molecule has 3 aliphatic rings. The van der Waals surface area contributed by atoms with Crippen molar-refractivity contribution >= 4 is 11.7 Å². The second-order valence-electron chi connectivity index (χ2n) is 9.52. The summed E-state index contributed by atoms with van der Waals surface area (Å²) in [6.45, 7) is 5.94. The van der Waals surface area contributed by atoms with Crippen molar-refractivity contribution in [1.29, 1.82) is 0 Å². The Labute approximate surface area is 185 Å². The fraction of sp³-hybridized carbons (Fsp3) is 0.577. The van der Waals surface area contributed by atoms with E-state index in [-0.39, 0.29) is 0 Å². The molecule has 3 heterocycles. The number of carbonyl (C=O) groups excluding carboxylic acids is 1. The summed E-state index contributed by atoms with van der Waals surface area (Å²) in [6, 6.07) is 10.7. The summed E-state index contributed by atoms with van der Waals surface area (Å²) in [4.78, 5) is 27.2. The number of likely N-dealkylation sites (tertiary alicyclic amines) is 1. The molecule has 0 N–H and O–H groups in total. The molecule has 2 fully saturated rings. The van der Waals surface area contributed by atoms with Crippen LogP contribution in [0.5, 0.6) is 0 Å². The lowest BCUT2D eigenvalue weighted by molar-refractivity contribution is -0.139. The number of nitrogens with zero attached hydrogens (tertiary/aromatic N) is 4. The first-order valence-electron chi connectivity index (χ1n) is 12.1. The summed E-state index contributed by atoms with van der Waals surface area (Å²) < 4.78 is 0. The lowest BCUT2D eigenvalue weighted by Gasteiger charge is -2.37. The van der Waals surface area contributed by atoms with Gasteiger partial charge >= 0.3 is 0 Å². The molecule has 164 valence electrons. The number of aryl methyl sites for hydroxylation is 1. The fourth-order valence-electron chi connectivity index (χ4n) is 5.29. The molecule has 1 saturated heterocycles. The maximum atomic E-state index is 12.6. The summed E-state index contributed by atoms with van der Waals surface area (Å²) in [5.74, 6) is 3.22. The number of benzene rings is 1. The van der Waals surface area contributed by atoms with E-state index in [1.807, 2.05) is 0 Å². The molecule has 0 bridgehead atoms. The van der Waals surface area contributed by atoms with E-state index in [4.69, 9.17) is 9.97 Å². The van der Waals surface area contributed by atoms with Crippen molar-refractivity contribution in [3.63, 3.8) is 0 Å². The zero-order valence-corrected chi connectivity index (χ0v) is 18.7. The first-order valence-corrected chi connectivity index (χ1v) is 12.1. The van der Waals surface area contributed by atoms with Gasteiger partial charge in [-0.1, -0.05) is 36.8 Å². The number of rotatable bonds is 5. The zero-order valence-electron chi connectivity index (χ0n) is 18.7. The lowest BCUT2D eigenvalue weighted by atomic mass is 9.83. The maximum Gasteiger partial charge on any atom is 0.225 e. The van der Waals surface area contributed by atoms with Crippen LogP contribution in [0.1, 0.15) is 67.1 Å². The smallest absolute Gasteiger partial charge is 0.225 e. The summed E-state index contributed by atoms with van der Waals surface area (Å²) in [5.41, 5.74) is 3.86. The number of amides is 1. The molecule has 31 heavy (non-hydrogen) atoms. The molecule has 0 radical (unpaired) electrons. The van der Waals surface area contributed by atoms with Crippen molar-refractivity contribution in [2.45, 2.75) is 64.2 Å². The van der Waals surface area contributed by atoms with E-state index in [9.17, 15) is 4.79 Å². The molecule has 0 atom stereocenters. The highest BCUT2D eigenvalue weighted by Gasteiger charge is 2.33. The van der Waals surface area contributed by atoms with Gasteiger partial charge in [0.05, 0.1) is 0 Å². The van der Waals surface area contributed by atoms with Crippen molar-refractivity contribution in [2.75, 3.05) is 31.1 Å². The SMILES string of the molecule is Cc1nc(C2CCN(C(=O)C3CCC3)CC2)nc2c1CCCN2CCc1ccccc1. The number of hydrogen-bond donors (Lipinski definition) is 0. The van der Waals surface area contributed by atoms with E-state index >= 15 is 0 Å². The van der Waals surface area contributed by atoms with Gasteiger partial charge in [-0.05, 0) is 57.4 Å². The minimum atomic E-state index is 0.303. The van der Waals surface area contributed by atoms with Crippen LogP contribution in [-0.2, 0) is 17.6 Å². The predicted octanol–water partition coefficient (Wildman–Crippen LogP) is 4.29. The van der Waals surface area contributed by atoms with Gasteiger partial charge < -0.3 is 9.80 Å². The third-order valence-electron chi connectivity index (χ3n) is 7.50. The molecule has 0 spiro atoms. The Bertz CT molecular complexity index is 917. The third kappa shape index (κ3) is 4.32. The second-order valence-corrected chi connectivity index (χ2v) is 9.52. The van der Waals surface area contributed by atoms with E-state index in [0.717, 1.165) is 82.0 Å². The van der Waals surface area contributed by atoms with Gasteiger partial charge in [-0.3, -0.25) is 4.79 Å². The van der Waals surface area contributed by atoms with Gasteiger partial charge in [0, 0.05) is 49.3 Å². The molecule has 2 aromatic rings. The molecule has 1 aromatic heterocycles. The van der Waals surface area contributed by atoms with Gasteiger partial charge in [-0.15, -0.1) is 0 Å². The highest BCUT2D eigenvalue weighted by Crippen LogP contribution is 2.34. The third-order valence-corrected chi connectivity index (χ3v) is 7.50. The Kier molecular flexibility index (Phi) is 5.93. The highest BCUT2D eigenvalue weighted by molar-refractivity contribution is 5.79.